The summed E-state index contributed by atoms with van der Waals surface area (Å²) in [7, 11) is 0. The molecule has 0 radical (unpaired) electrons. The Kier molecular flexibility index (Phi) is 4.29. The van der Waals surface area contributed by atoms with E-state index in [1.165, 1.54) is 6.26 Å². The molecule has 0 amide bonds. The average Bonchev–Trinajstić information content (AvgIpc) is 3.07. The minimum Gasteiger partial charge on any atom is -0.493 e. The minimum absolute atomic E-state index is 0.0422. The highest BCUT2D eigenvalue weighted by Gasteiger charge is 2.15. The van der Waals surface area contributed by atoms with Gasteiger partial charge in [-0.2, -0.15) is 4.98 Å². The zero-order chi connectivity index (χ0) is 16.2. The first-order valence-corrected chi connectivity index (χ1v) is 7.72. The molecule has 0 fully saturated rings. The number of carbonyl (C=O) groups is 1. The molecule has 6 nitrogen and oxygen atoms in total. The van der Waals surface area contributed by atoms with Crippen LogP contribution >= 0.6 is 11.8 Å². The fraction of sp³-hybridized carbons (Fsp3) is 0.0625. The Hall–Kier alpha value is -2.80. The van der Waals surface area contributed by atoms with E-state index in [-0.39, 0.29) is 33.9 Å². The summed E-state index contributed by atoms with van der Waals surface area (Å²) in [4.78, 5) is 30.5. The van der Waals surface area contributed by atoms with Crippen molar-refractivity contribution < 1.29 is 14.3 Å². The first-order chi connectivity index (χ1) is 11.1. The summed E-state index contributed by atoms with van der Waals surface area (Å²) in [6, 6.07) is 11.9. The third-order valence-electron chi connectivity index (χ3n) is 3.08. The van der Waals surface area contributed by atoms with Crippen LogP contribution in [0.1, 0.15) is 10.6 Å². The van der Waals surface area contributed by atoms with Gasteiger partial charge in [-0.05, 0) is 17.7 Å². The highest BCUT2D eigenvalue weighted by molar-refractivity contribution is 7.99. The van der Waals surface area contributed by atoms with Crippen molar-refractivity contribution in [3.8, 4) is 17.0 Å². The average molecular weight is 328 g/mol. The Bertz CT molecular complexity index is 873. The van der Waals surface area contributed by atoms with Gasteiger partial charge in [-0.15, -0.1) is 0 Å². The molecule has 2 heterocycles. The van der Waals surface area contributed by atoms with E-state index in [0.29, 0.717) is 5.56 Å². The first kappa shape index (κ1) is 15.1. The molecule has 0 aliphatic heterocycles. The second kappa shape index (κ2) is 6.53. The van der Waals surface area contributed by atoms with Crippen LogP contribution < -0.4 is 5.56 Å². The lowest BCUT2D eigenvalue weighted by Crippen LogP contribution is -2.12. The van der Waals surface area contributed by atoms with Crippen molar-refractivity contribution in [3.05, 3.63) is 64.8 Å². The van der Waals surface area contributed by atoms with Crippen LogP contribution in [0, 0.1) is 0 Å². The lowest BCUT2D eigenvalue weighted by atomic mass is 10.1. The maximum atomic E-state index is 12.2. The van der Waals surface area contributed by atoms with Crippen molar-refractivity contribution in [2.24, 2.45) is 0 Å². The van der Waals surface area contributed by atoms with E-state index >= 15 is 0 Å². The normalized spacial score (nSPS) is 10.6. The van der Waals surface area contributed by atoms with Gasteiger partial charge in [-0.3, -0.25) is 9.59 Å². The van der Waals surface area contributed by atoms with Crippen LogP contribution in [0.2, 0.25) is 0 Å². The lowest BCUT2D eigenvalue weighted by molar-refractivity contribution is 0.0992. The number of Topliss-reactive ketones (excluding diaryl/α,β-unsaturated/α-hetero) is 1. The predicted octanol–water partition coefficient (Wildman–Crippen LogP) is 2.71. The van der Waals surface area contributed by atoms with Gasteiger partial charge in [0.2, 0.25) is 11.7 Å². The number of aromatic amines is 1. The molecule has 0 aliphatic rings. The van der Waals surface area contributed by atoms with Crippen molar-refractivity contribution in [1.29, 1.82) is 0 Å². The maximum absolute atomic E-state index is 12.2. The molecule has 7 heteroatoms. The molecule has 0 atom stereocenters. The second-order valence-electron chi connectivity index (χ2n) is 4.62. The summed E-state index contributed by atoms with van der Waals surface area (Å²) in [5.74, 6) is -0.312. The van der Waals surface area contributed by atoms with Crippen molar-refractivity contribution in [2.45, 2.75) is 5.16 Å². The molecular formula is C16H12N2O4S. The van der Waals surface area contributed by atoms with E-state index in [2.05, 4.69) is 9.97 Å². The van der Waals surface area contributed by atoms with Crippen molar-refractivity contribution >= 4 is 17.5 Å². The highest BCUT2D eigenvalue weighted by Crippen LogP contribution is 2.25. The highest BCUT2D eigenvalue weighted by atomic mass is 32.2. The predicted molar refractivity (Wildman–Crippen MR) is 85.7 cm³/mol. The molecule has 0 saturated carbocycles. The number of H-pyrrole nitrogens is 1. The van der Waals surface area contributed by atoms with Crippen LogP contribution in [0.3, 0.4) is 0 Å². The van der Waals surface area contributed by atoms with Gasteiger partial charge in [0.05, 0.1) is 12.0 Å². The number of aromatic nitrogens is 2. The lowest BCUT2D eigenvalue weighted by Gasteiger charge is -2.05. The minimum atomic E-state index is -0.461. The number of benzene rings is 1. The Labute approximate surface area is 135 Å². The number of nitrogens with zero attached hydrogens (tertiary/aromatic N) is 1. The zero-order valence-corrected chi connectivity index (χ0v) is 12.7. The van der Waals surface area contributed by atoms with Gasteiger partial charge in [0.15, 0.2) is 10.9 Å². The number of nitrogens with one attached hydrogen (secondary N) is 1. The third-order valence-corrected chi connectivity index (χ3v) is 3.95. The van der Waals surface area contributed by atoms with Gasteiger partial charge in [0.1, 0.15) is 5.56 Å². The van der Waals surface area contributed by atoms with Crippen LogP contribution in [-0.4, -0.2) is 26.6 Å². The SMILES string of the molecule is O=C(CSc1nc(O)c(-c2ccccc2)c(=O)[nH]1)c1ccco1. The van der Waals surface area contributed by atoms with Gasteiger partial charge in [0.25, 0.3) is 5.56 Å². The van der Waals surface area contributed by atoms with Gasteiger partial charge in [-0.1, -0.05) is 42.1 Å². The number of thioether (sulfide) groups is 1. The number of hydrogen-bond acceptors (Lipinski definition) is 6. The summed E-state index contributed by atoms with van der Waals surface area (Å²) >= 11 is 1.02. The molecule has 0 saturated heterocycles. The molecule has 0 aliphatic carbocycles. The first-order valence-electron chi connectivity index (χ1n) is 6.73. The van der Waals surface area contributed by atoms with E-state index in [9.17, 15) is 14.7 Å². The van der Waals surface area contributed by atoms with Crippen LogP contribution in [0.5, 0.6) is 5.88 Å². The van der Waals surface area contributed by atoms with Crippen LogP contribution in [-0.2, 0) is 0 Å². The topological polar surface area (TPSA) is 96.2 Å². The summed E-state index contributed by atoms with van der Waals surface area (Å²) in [5.41, 5.74) is 0.214. The van der Waals surface area contributed by atoms with E-state index in [0.717, 1.165) is 11.8 Å². The van der Waals surface area contributed by atoms with Crippen LogP contribution in [0.4, 0.5) is 0 Å². The van der Waals surface area contributed by atoms with Crippen molar-refractivity contribution in [1.82, 2.24) is 9.97 Å². The van der Waals surface area contributed by atoms with Gasteiger partial charge >= 0.3 is 0 Å². The summed E-state index contributed by atoms with van der Waals surface area (Å²) in [5, 5.41) is 10.2. The second-order valence-corrected chi connectivity index (χ2v) is 5.59. The third kappa shape index (κ3) is 3.35. The fourth-order valence-electron chi connectivity index (χ4n) is 2.02. The smallest absolute Gasteiger partial charge is 0.263 e. The number of hydrogen-bond donors (Lipinski definition) is 2. The number of ketones is 1. The molecule has 0 unspecified atom stereocenters. The summed E-state index contributed by atoms with van der Waals surface area (Å²) < 4.78 is 5.00. The molecule has 2 N–H and O–H groups in total. The standard InChI is InChI=1S/C16H12N2O4S/c19-11(12-7-4-8-22-12)9-23-16-17-14(20)13(15(21)18-16)10-5-2-1-3-6-10/h1-8H,9H2,(H2,17,18,20,21). The van der Waals surface area contributed by atoms with E-state index in [1.807, 2.05) is 6.07 Å². The van der Waals surface area contributed by atoms with E-state index in [4.69, 9.17) is 4.42 Å². The van der Waals surface area contributed by atoms with Gasteiger partial charge < -0.3 is 14.5 Å². The van der Waals surface area contributed by atoms with Gasteiger partial charge in [-0.25, -0.2) is 0 Å². The van der Waals surface area contributed by atoms with Crippen molar-refractivity contribution in [3.63, 3.8) is 0 Å². The summed E-state index contributed by atoms with van der Waals surface area (Å²) in [6.45, 7) is 0. The van der Waals surface area contributed by atoms with Crippen molar-refractivity contribution in [2.75, 3.05) is 5.75 Å². The van der Waals surface area contributed by atoms with E-state index < -0.39 is 5.56 Å². The number of carbonyl (C=O) groups excluding carboxylic acids is 1. The zero-order valence-electron chi connectivity index (χ0n) is 11.9. The maximum Gasteiger partial charge on any atom is 0.263 e. The number of aromatic hydroxyl groups is 1. The van der Waals surface area contributed by atoms with E-state index in [1.54, 1.807) is 36.4 Å². The van der Waals surface area contributed by atoms with Gasteiger partial charge in [0, 0.05) is 0 Å². The Balaban J connectivity index is 1.80. The molecule has 1 aromatic carbocycles. The molecule has 3 aromatic rings. The Morgan fingerprint density at radius 3 is 2.65 bits per heavy atom. The molecule has 3 rings (SSSR count). The van der Waals surface area contributed by atoms with Crippen LogP contribution in [0.25, 0.3) is 11.1 Å². The number of furan rings is 1. The number of rotatable bonds is 5. The molecule has 23 heavy (non-hydrogen) atoms. The Morgan fingerprint density at radius 1 is 1.22 bits per heavy atom. The molecule has 116 valence electrons. The van der Waals surface area contributed by atoms with Crippen LogP contribution in [0.15, 0.2) is 63.1 Å². The molecule has 0 spiro atoms. The summed E-state index contributed by atoms with van der Waals surface area (Å²) in [6.07, 6.45) is 1.42. The Morgan fingerprint density at radius 2 is 2.00 bits per heavy atom. The monoisotopic (exact) mass is 328 g/mol. The fourth-order valence-corrected chi connectivity index (χ4v) is 2.74. The molecule has 2 aromatic heterocycles. The molecule has 0 bridgehead atoms. The molecular weight excluding hydrogens is 316 g/mol. The largest absolute Gasteiger partial charge is 0.493 e. The quantitative estimate of drug-likeness (QED) is 0.425.